The van der Waals surface area contributed by atoms with E-state index in [-0.39, 0.29) is 22.5 Å². The molecule has 1 saturated heterocycles. The van der Waals surface area contributed by atoms with Crippen LogP contribution in [-0.2, 0) is 14.3 Å². The Morgan fingerprint density at radius 1 is 1.43 bits per heavy atom. The van der Waals surface area contributed by atoms with E-state index in [0.717, 1.165) is 0 Å². The maximum atomic E-state index is 11.6. The van der Waals surface area contributed by atoms with Gasteiger partial charge in [-0.25, -0.2) is 0 Å². The van der Waals surface area contributed by atoms with Crippen LogP contribution >= 0.6 is 0 Å². The van der Waals surface area contributed by atoms with Gasteiger partial charge in [0.15, 0.2) is 0 Å². The standard InChI is InChI=1S/C9H14O4S/c1-9(2)4-3-5-6(9)8(7(4)10)13-14(5,11)12/h4-8,10H,3H2,1-2H3. The Balaban J connectivity index is 2.16. The zero-order chi connectivity index (χ0) is 10.3. The minimum Gasteiger partial charge on any atom is -0.390 e. The number of aliphatic hydroxyl groups excluding tert-OH is 1. The van der Waals surface area contributed by atoms with Crippen LogP contribution in [0.5, 0.6) is 0 Å². The maximum Gasteiger partial charge on any atom is 0.271 e. The molecule has 3 aliphatic rings. The van der Waals surface area contributed by atoms with Gasteiger partial charge in [-0.1, -0.05) is 13.8 Å². The molecule has 3 rings (SSSR count). The first-order chi connectivity index (χ1) is 6.36. The van der Waals surface area contributed by atoms with Crippen molar-refractivity contribution in [3.63, 3.8) is 0 Å². The summed E-state index contributed by atoms with van der Waals surface area (Å²) in [4.78, 5) is 0. The SMILES string of the molecule is CC1(C)C2CC3C1C(OS3(=O)=O)C2O. The molecule has 2 bridgehead atoms. The van der Waals surface area contributed by atoms with E-state index in [1.54, 1.807) is 0 Å². The molecule has 0 spiro atoms. The lowest BCUT2D eigenvalue weighted by atomic mass is 9.81. The zero-order valence-corrected chi connectivity index (χ0v) is 8.99. The fourth-order valence-corrected chi connectivity index (χ4v) is 5.72. The lowest BCUT2D eigenvalue weighted by molar-refractivity contribution is 0.0239. The monoisotopic (exact) mass is 218 g/mol. The largest absolute Gasteiger partial charge is 0.390 e. The molecule has 4 nitrogen and oxygen atoms in total. The molecule has 0 aromatic carbocycles. The van der Waals surface area contributed by atoms with Crippen LogP contribution in [-0.4, -0.2) is 31.0 Å². The minimum absolute atomic E-state index is 0.00694. The average molecular weight is 218 g/mol. The number of aliphatic hydroxyl groups is 1. The van der Waals surface area contributed by atoms with Crippen molar-refractivity contribution in [1.29, 1.82) is 0 Å². The summed E-state index contributed by atoms with van der Waals surface area (Å²) in [6.45, 7) is 4.07. The smallest absolute Gasteiger partial charge is 0.271 e. The van der Waals surface area contributed by atoms with E-state index >= 15 is 0 Å². The molecule has 2 aliphatic carbocycles. The van der Waals surface area contributed by atoms with Gasteiger partial charge in [0.25, 0.3) is 10.1 Å². The molecule has 1 N–H and O–H groups in total. The maximum absolute atomic E-state index is 11.6. The summed E-state index contributed by atoms with van der Waals surface area (Å²) in [6, 6.07) is 0. The molecule has 1 aliphatic heterocycles. The fourth-order valence-electron chi connectivity index (χ4n) is 3.72. The van der Waals surface area contributed by atoms with Crippen LogP contribution in [0.1, 0.15) is 20.3 Å². The van der Waals surface area contributed by atoms with Crippen LogP contribution in [0.25, 0.3) is 0 Å². The van der Waals surface area contributed by atoms with Gasteiger partial charge in [-0.15, -0.1) is 0 Å². The lowest BCUT2D eigenvalue weighted by Gasteiger charge is -2.23. The minimum atomic E-state index is -3.40. The van der Waals surface area contributed by atoms with Crippen molar-refractivity contribution in [2.45, 2.75) is 37.7 Å². The summed E-state index contributed by atoms with van der Waals surface area (Å²) >= 11 is 0. The Bertz CT molecular complexity index is 386. The van der Waals surface area contributed by atoms with Crippen molar-refractivity contribution in [3.8, 4) is 0 Å². The predicted octanol–water partition coefficient (Wildman–Crippen LogP) is 0.120. The highest BCUT2D eigenvalue weighted by molar-refractivity contribution is 7.87. The van der Waals surface area contributed by atoms with E-state index in [2.05, 4.69) is 0 Å². The van der Waals surface area contributed by atoms with Crippen LogP contribution in [0.2, 0.25) is 0 Å². The van der Waals surface area contributed by atoms with Crippen molar-refractivity contribution in [2.75, 3.05) is 0 Å². The molecule has 3 fully saturated rings. The number of hydrogen-bond donors (Lipinski definition) is 1. The third-order valence-electron chi connectivity index (χ3n) is 4.42. The molecule has 5 atom stereocenters. The van der Waals surface area contributed by atoms with Crippen molar-refractivity contribution < 1.29 is 17.7 Å². The van der Waals surface area contributed by atoms with Gasteiger partial charge < -0.3 is 5.11 Å². The Morgan fingerprint density at radius 3 is 2.57 bits per heavy atom. The van der Waals surface area contributed by atoms with Gasteiger partial charge in [0.05, 0.1) is 11.4 Å². The first-order valence-corrected chi connectivity index (χ1v) is 6.43. The number of hydrogen-bond acceptors (Lipinski definition) is 4. The van der Waals surface area contributed by atoms with E-state index in [1.165, 1.54) is 0 Å². The van der Waals surface area contributed by atoms with E-state index in [1.807, 2.05) is 13.8 Å². The third-order valence-corrected chi connectivity index (χ3v) is 6.14. The summed E-state index contributed by atoms with van der Waals surface area (Å²) in [5.41, 5.74) is -0.0989. The van der Waals surface area contributed by atoms with Crippen molar-refractivity contribution in [1.82, 2.24) is 0 Å². The van der Waals surface area contributed by atoms with Crippen molar-refractivity contribution in [3.05, 3.63) is 0 Å². The zero-order valence-electron chi connectivity index (χ0n) is 8.17. The molecule has 1 heterocycles. The van der Waals surface area contributed by atoms with Crippen LogP contribution in [0.15, 0.2) is 0 Å². The Hall–Kier alpha value is -0.130. The van der Waals surface area contributed by atoms with E-state index in [4.69, 9.17) is 4.18 Å². The number of fused-ring (bicyclic) bond motifs is 1. The van der Waals surface area contributed by atoms with Crippen LogP contribution < -0.4 is 0 Å². The van der Waals surface area contributed by atoms with Crippen LogP contribution in [0.4, 0.5) is 0 Å². The normalized spacial score (nSPS) is 56.6. The quantitative estimate of drug-likeness (QED) is 0.587. The second kappa shape index (κ2) is 2.18. The second-order valence-electron chi connectivity index (χ2n) is 5.27. The molecule has 14 heavy (non-hydrogen) atoms. The molecule has 0 radical (unpaired) electrons. The second-order valence-corrected chi connectivity index (χ2v) is 7.06. The van der Waals surface area contributed by atoms with Crippen molar-refractivity contribution >= 4 is 10.1 Å². The molecular weight excluding hydrogens is 204 g/mol. The third kappa shape index (κ3) is 0.763. The van der Waals surface area contributed by atoms with Gasteiger partial charge >= 0.3 is 0 Å². The summed E-state index contributed by atoms with van der Waals surface area (Å²) < 4.78 is 28.2. The van der Waals surface area contributed by atoms with Crippen molar-refractivity contribution in [2.24, 2.45) is 17.3 Å². The summed E-state index contributed by atoms with van der Waals surface area (Å²) in [5, 5.41) is 9.52. The Labute approximate surface area is 83.4 Å². The molecule has 2 saturated carbocycles. The molecule has 0 amide bonds. The van der Waals surface area contributed by atoms with E-state index in [0.29, 0.717) is 6.42 Å². The topological polar surface area (TPSA) is 63.6 Å². The molecular formula is C9H14O4S. The van der Waals surface area contributed by atoms with E-state index in [9.17, 15) is 13.5 Å². The highest BCUT2D eigenvalue weighted by Crippen LogP contribution is 2.63. The summed E-state index contributed by atoms with van der Waals surface area (Å²) in [6.07, 6.45) is -0.500. The van der Waals surface area contributed by atoms with Crippen LogP contribution in [0.3, 0.4) is 0 Å². The van der Waals surface area contributed by atoms with Gasteiger partial charge in [0, 0.05) is 5.92 Å². The summed E-state index contributed by atoms with van der Waals surface area (Å²) in [7, 11) is -3.40. The molecule has 5 heteroatoms. The average Bonchev–Trinajstić information content (AvgIpc) is 2.49. The van der Waals surface area contributed by atoms with Gasteiger partial charge in [-0.05, 0) is 17.8 Å². The molecule has 80 valence electrons. The van der Waals surface area contributed by atoms with Gasteiger partial charge in [-0.3, -0.25) is 4.18 Å². The van der Waals surface area contributed by atoms with Gasteiger partial charge in [0.1, 0.15) is 6.10 Å². The van der Waals surface area contributed by atoms with Gasteiger partial charge in [-0.2, -0.15) is 8.42 Å². The number of rotatable bonds is 0. The van der Waals surface area contributed by atoms with Gasteiger partial charge in [0.2, 0.25) is 0 Å². The molecule has 0 aromatic rings. The summed E-state index contributed by atoms with van der Waals surface area (Å²) in [5.74, 6) is 0.0762. The highest BCUT2D eigenvalue weighted by Gasteiger charge is 2.71. The Morgan fingerprint density at radius 2 is 2.07 bits per heavy atom. The fraction of sp³-hybridized carbons (Fsp3) is 1.00. The first-order valence-electron chi connectivity index (χ1n) is 4.96. The molecule has 5 unspecified atom stereocenters. The van der Waals surface area contributed by atoms with Crippen LogP contribution in [0, 0.1) is 17.3 Å². The first kappa shape index (κ1) is 9.12. The Kier molecular flexibility index (Phi) is 1.42. The van der Waals surface area contributed by atoms with E-state index < -0.39 is 22.3 Å². The lowest BCUT2D eigenvalue weighted by Crippen LogP contribution is -2.33. The predicted molar refractivity (Wildman–Crippen MR) is 49.0 cm³/mol. The highest BCUT2D eigenvalue weighted by atomic mass is 32.2. The molecule has 0 aromatic heterocycles.